The Morgan fingerprint density at radius 3 is 2.47 bits per heavy atom. The lowest BCUT2D eigenvalue weighted by Crippen LogP contribution is -2.47. The number of para-hydroxylation sites is 1. The van der Waals surface area contributed by atoms with E-state index in [0.717, 1.165) is 82.0 Å². The second kappa shape index (κ2) is 10.8. The molecule has 0 saturated carbocycles. The number of nitrogens with zero attached hydrogens (tertiary/aromatic N) is 6. The second-order valence-corrected chi connectivity index (χ2v) is 9.07. The molecular formula is C26H33N7O. The number of piperazine rings is 1. The first-order valence-electron chi connectivity index (χ1n) is 12.5. The van der Waals surface area contributed by atoms with Gasteiger partial charge >= 0.3 is 0 Å². The lowest BCUT2D eigenvalue weighted by molar-refractivity contribution is 0.0945. The molecule has 3 heterocycles. The van der Waals surface area contributed by atoms with E-state index in [1.165, 1.54) is 12.1 Å². The molecule has 34 heavy (non-hydrogen) atoms. The zero-order chi connectivity index (χ0) is 23.2. The highest BCUT2D eigenvalue weighted by atomic mass is 16.1. The van der Waals surface area contributed by atoms with Crippen molar-refractivity contribution < 1.29 is 4.79 Å². The third kappa shape index (κ3) is 5.12. The summed E-state index contributed by atoms with van der Waals surface area (Å²) in [5, 5.41) is 7.92. The summed E-state index contributed by atoms with van der Waals surface area (Å²) >= 11 is 0. The van der Waals surface area contributed by atoms with Gasteiger partial charge in [0.05, 0.1) is 5.69 Å². The molecule has 0 spiro atoms. The molecule has 2 aliphatic rings. The van der Waals surface area contributed by atoms with E-state index in [1.54, 1.807) is 12.4 Å². The van der Waals surface area contributed by atoms with Crippen LogP contribution in [0.2, 0.25) is 0 Å². The van der Waals surface area contributed by atoms with Gasteiger partial charge in [0.1, 0.15) is 0 Å². The maximum absolute atomic E-state index is 13.1. The van der Waals surface area contributed by atoms with Crippen LogP contribution in [-0.2, 0) is 12.8 Å². The molecule has 1 aliphatic heterocycles. The minimum absolute atomic E-state index is 0.0427. The van der Waals surface area contributed by atoms with Crippen molar-refractivity contribution in [2.75, 3.05) is 44.2 Å². The molecule has 2 aromatic heterocycles. The normalized spacial score (nSPS) is 16.6. The third-order valence-electron chi connectivity index (χ3n) is 6.79. The highest BCUT2D eigenvalue weighted by molar-refractivity contribution is 5.94. The average molecular weight is 460 g/mol. The summed E-state index contributed by atoms with van der Waals surface area (Å²) in [6, 6.07) is 12.0. The van der Waals surface area contributed by atoms with Crippen molar-refractivity contribution >= 4 is 11.9 Å². The van der Waals surface area contributed by atoms with Crippen LogP contribution in [-0.4, -0.2) is 69.8 Å². The first kappa shape index (κ1) is 22.5. The van der Waals surface area contributed by atoms with E-state index in [9.17, 15) is 4.79 Å². The smallest absolute Gasteiger partial charge is 0.272 e. The largest absolute Gasteiger partial charge is 0.351 e. The van der Waals surface area contributed by atoms with Gasteiger partial charge in [0.25, 0.3) is 5.91 Å². The third-order valence-corrected chi connectivity index (χ3v) is 6.79. The second-order valence-electron chi connectivity index (χ2n) is 9.07. The Labute approximate surface area is 201 Å². The fraction of sp³-hybridized carbons (Fsp3) is 0.462. The van der Waals surface area contributed by atoms with E-state index in [0.29, 0.717) is 12.2 Å². The predicted molar refractivity (Wildman–Crippen MR) is 132 cm³/mol. The quantitative estimate of drug-likeness (QED) is 0.432. The Bertz CT molecular complexity index is 1080. The van der Waals surface area contributed by atoms with Gasteiger partial charge in [0.2, 0.25) is 5.95 Å². The van der Waals surface area contributed by atoms with Crippen molar-refractivity contribution in [3.63, 3.8) is 0 Å². The molecule has 1 saturated heterocycles. The fourth-order valence-electron chi connectivity index (χ4n) is 4.96. The summed E-state index contributed by atoms with van der Waals surface area (Å²) < 4.78 is 1.99. The first-order chi connectivity index (χ1) is 16.8. The van der Waals surface area contributed by atoms with Crippen molar-refractivity contribution in [3.8, 4) is 5.69 Å². The van der Waals surface area contributed by atoms with Crippen molar-refractivity contribution in [3.05, 3.63) is 65.7 Å². The van der Waals surface area contributed by atoms with E-state index in [-0.39, 0.29) is 5.91 Å². The van der Waals surface area contributed by atoms with Crippen LogP contribution >= 0.6 is 0 Å². The Kier molecular flexibility index (Phi) is 7.14. The SMILES string of the molecule is O=C(NCCCN1CCN(c2ncccn2)CC1)c1nn(-c2ccccc2)c2c1CCCCC2. The summed E-state index contributed by atoms with van der Waals surface area (Å²) in [6.45, 7) is 5.47. The van der Waals surface area contributed by atoms with Crippen molar-refractivity contribution in [1.82, 2.24) is 30.0 Å². The lowest BCUT2D eigenvalue weighted by Gasteiger charge is -2.34. The predicted octanol–water partition coefficient (Wildman–Crippen LogP) is 2.87. The van der Waals surface area contributed by atoms with Gasteiger partial charge in [-0.05, 0) is 56.8 Å². The summed E-state index contributed by atoms with van der Waals surface area (Å²) in [7, 11) is 0. The van der Waals surface area contributed by atoms with Crippen molar-refractivity contribution in [2.24, 2.45) is 0 Å². The molecule has 1 N–H and O–H groups in total. The van der Waals surface area contributed by atoms with Crippen LogP contribution in [0.5, 0.6) is 0 Å². The number of amides is 1. The van der Waals surface area contributed by atoms with Gasteiger partial charge in [-0.3, -0.25) is 9.69 Å². The van der Waals surface area contributed by atoms with Crippen molar-refractivity contribution in [2.45, 2.75) is 38.5 Å². The zero-order valence-electron chi connectivity index (χ0n) is 19.7. The van der Waals surface area contributed by atoms with Gasteiger partial charge in [0, 0.05) is 56.4 Å². The number of hydrogen-bond acceptors (Lipinski definition) is 6. The van der Waals surface area contributed by atoms with Gasteiger partial charge in [-0.1, -0.05) is 24.6 Å². The number of nitrogens with one attached hydrogen (secondary N) is 1. The summed E-state index contributed by atoms with van der Waals surface area (Å²) in [5.74, 6) is 0.766. The molecular weight excluding hydrogens is 426 g/mol. The Balaban J connectivity index is 1.15. The summed E-state index contributed by atoms with van der Waals surface area (Å²) in [6.07, 6.45) is 9.89. The van der Waals surface area contributed by atoms with E-state index in [2.05, 4.69) is 37.2 Å². The molecule has 8 nitrogen and oxygen atoms in total. The van der Waals surface area contributed by atoms with Gasteiger partial charge in [-0.15, -0.1) is 0 Å². The number of carbonyl (C=O) groups excluding carboxylic acids is 1. The molecule has 1 aliphatic carbocycles. The van der Waals surface area contributed by atoms with Gasteiger partial charge in [-0.2, -0.15) is 5.10 Å². The maximum Gasteiger partial charge on any atom is 0.272 e. The van der Waals surface area contributed by atoms with Crippen molar-refractivity contribution in [1.29, 1.82) is 0 Å². The molecule has 0 atom stereocenters. The van der Waals surface area contributed by atoms with Crippen LogP contribution in [0.4, 0.5) is 5.95 Å². The number of rotatable bonds is 7. The van der Waals surface area contributed by atoms with Crippen LogP contribution < -0.4 is 10.2 Å². The fourth-order valence-corrected chi connectivity index (χ4v) is 4.96. The molecule has 0 bridgehead atoms. The molecule has 1 aromatic carbocycles. The van der Waals surface area contributed by atoms with Crippen LogP contribution in [0.1, 0.15) is 47.4 Å². The molecule has 178 valence electrons. The van der Waals surface area contributed by atoms with Crippen LogP contribution in [0, 0.1) is 0 Å². The maximum atomic E-state index is 13.1. The van der Waals surface area contributed by atoms with E-state index >= 15 is 0 Å². The minimum atomic E-state index is -0.0427. The highest BCUT2D eigenvalue weighted by Crippen LogP contribution is 2.26. The number of aromatic nitrogens is 4. The number of fused-ring (bicyclic) bond motifs is 1. The minimum Gasteiger partial charge on any atom is -0.351 e. The number of hydrogen-bond donors (Lipinski definition) is 1. The first-order valence-corrected chi connectivity index (χ1v) is 12.5. The highest BCUT2D eigenvalue weighted by Gasteiger charge is 2.25. The zero-order valence-corrected chi connectivity index (χ0v) is 19.7. The van der Waals surface area contributed by atoms with Crippen LogP contribution in [0.25, 0.3) is 5.69 Å². The monoisotopic (exact) mass is 459 g/mol. The van der Waals surface area contributed by atoms with E-state index in [4.69, 9.17) is 5.10 Å². The van der Waals surface area contributed by atoms with E-state index < -0.39 is 0 Å². The van der Waals surface area contributed by atoms with Gasteiger partial charge in [0.15, 0.2) is 5.69 Å². The molecule has 1 amide bonds. The lowest BCUT2D eigenvalue weighted by atomic mass is 10.1. The number of carbonyl (C=O) groups is 1. The van der Waals surface area contributed by atoms with Gasteiger partial charge in [-0.25, -0.2) is 14.6 Å². The molecule has 3 aromatic rings. The molecule has 5 rings (SSSR count). The Hall–Kier alpha value is -3.26. The van der Waals surface area contributed by atoms with E-state index in [1.807, 2.05) is 28.9 Å². The summed E-state index contributed by atoms with van der Waals surface area (Å²) in [4.78, 5) is 26.5. The van der Waals surface area contributed by atoms with Crippen LogP contribution in [0.15, 0.2) is 48.8 Å². The average Bonchev–Trinajstić information content (AvgIpc) is 3.08. The van der Waals surface area contributed by atoms with Gasteiger partial charge < -0.3 is 10.2 Å². The molecule has 1 fully saturated rings. The standard InChI is InChI=1S/C26H33N7O/c34-25(27-15-8-16-31-17-19-32(20-18-31)26-28-13-7-14-29-26)24-22-11-5-2-6-12-23(22)33(30-24)21-9-3-1-4-10-21/h1,3-4,7,9-10,13-14H,2,5-6,8,11-12,15-20H2,(H,27,34). The summed E-state index contributed by atoms with van der Waals surface area (Å²) in [5.41, 5.74) is 3.98. The molecule has 0 unspecified atom stereocenters. The number of benzene rings is 1. The Morgan fingerprint density at radius 2 is 1.68 bits per heavy atom. The number of anilines is 1. The molecule has 0 radical (unpaired) electrons. The van der Waals surface area contributed by atoms with Crippen LogP contribution in [0.3, 0.4) is 0 Å². The topological polar surface area (TPSA) is 79.2 Å². The molecule has 8 heteroatoms. The Morgan fingerprint density at radius 1 is 0.912 bits per heavy atom.